The molecule has 1 aromatic rings. The van der Waals surface area contributed by atoms with E-state index in [-0.39, 0.29) is 6.10 Å². The molecule has 0 spiro atoms. The van der Waals surface area contributed by atoms with Crippen LogP contribution in [0, 0.1) is 5.92 Å². The highest BCUT2D eigenvalue weighted by Crippen LogP contribution is 2.27. The fourth-order valence-electron chi connectivity index (χ4n) is 3.14. The normalized spacial score (nSPS) is 18.9. The first-order valence-corrected chi connectivity index (χ1v) is 8.25. The first-order chi connectivity index (χ1) is 10.1. The van der Waals surface area contributed by atoms with Crippen molar-refractivity contribution in [2.75, 3.05) is 26.7 Å². The molecular formula is C18H30N2O. The van der Waals surface area contributed by atoms with E-state index in [2.05, 4.69) is 62.3 Å². The third kappa shape index (κ3) is 4.72. The maximum absolute atomic E-state index is 5.71. The lowest BCUT2D eigenvalue weighted by Gasteiger charge is -2.36. The maximum Gasteiger partial charge on any atom is 0.119 e. The lowest BCUT2D eigenvalue weighted by molar-refractivity contribution is 0.141. The smallest absolute Gasteiger partial charge is 0.119 e. The zero-order valence-electron chi connectivity index (χ0n) is 13.9. The minimum atomic E-state index is 0.236. The van der Waals surface area contributed by atoms with Crippen LogP contribution in [-0.2, 0) is 0 Å². The van der Waals surface area contributed by atoms with E-state index in [0.717, 1.165) is 18.2 Å². The fraction of sp³-hybridized carbons (Fsp3) is 0.667. The molecule has 1 aromatic carbocycles. The van der Waals surface area contributed by atoms with Gasteiger partial charge in [-0.3, -0.25) is 4.90 Å². The molecule has 0 amide bonds. The standard InChI is InChI=1S/C18H30N2O/c1-14(2)21-18-7-5-17(6-8-18)15(3)20-11-9-16(10-12-20)13-19-4/h5-8,14-16,19H,9-13H2,1-4H3. The average Bonchev–Trinajstić information content (AvgIpc) is 2.48. The highest BCUT2D eigenvalue weighted by Gasteiger charge is 2.23. The van der Waals surface area contributed by atoms with E-state index in [4.69, 9.17) is 4.74 Å². The minimum absolute atomic E-state index is 0.236. The Morgan fingerprint density at radius 2 is 1.76 bits per heavy atom. The second-order valence-corrected chi connectivity index (χ2v) is 6.45. The fourth-order valence-corrected chi connectivity index (χ4v) is 3.14. The first kappa shape index (κ1) is 16.3. The monoisotopic (exact) mass is 290 g/mol. The van der Waals surface area contributed by atoms with Crippen molar-refractivity contribution in [3.8, 4) is 5.75 Å². The molecule has 2 rings (SSSR count). The van der Waals surface area contributed by atoms with Crippen molar-refractivity contribution >= 4 is 0 Å². The lowest BCUT2D eigenvalue weighted by atomic mass is 9.94. The van der Waals surface area contributed by atoms with Gasteiger partial charge < -0.3 is 10.1 Å². The summed E-state index contributed by atoms with van der Waals surface area (Å²) < 4.78 is 5.71. The Hall–Kier alpha value is -1.06. The van der Waals surface area contributed by atoms with Gasteiger partial charge in [-0.2, -0.15) is 0 Å². The van der Waals surface area contributed by atoms with Gasteiger partial charge in [-0.1, -0.05) is 12.1 Å². The average molecular weight is 290 g/mol. The minimum Gasteiger partial charge on any atom is -0.491 e. The number of ether oxygens (including phenoxy) is 1. The number of nitrogens with one attached hydrogen (secondary N) is 1. The predicted molar refractivity (Wildman–Crippen MR) is 88.8 cm³/mol. The van der Waals surface area contributed by atoms with Gasteiger partial charge >= 0.3 is 0 Å². The van der Waals surface area contributed by atoms with Crippen molar-refractivity contribution in [3.05, 3.63) is 29.8 Å². The highest BCUT2D eigenvalue weighted by atomic mass is 16.5. The molecule has 21 heavy (non-hydrogen) atoms. The third-order valence-corrected chi connectivity index (χ3v) is 4.42. The Morgan fingerprint density at radius 3 is 2.29 bits per heavy atom. The molecule has 1 N–H and O–H groups in total. The van der Waals surface area contributed by atoms with E-state index >= 15 is 0 Å². The van der Waals surface area contributed by atoms with Gasteiger partial charge in [0.1, 0.15) is 5.75 Å². The van der Waals surface area contributed by atoms with Gasteiger partial charge in [0.05, 0.1) is 6.10 Å². The van der Waals surface area contributed by atoms with E-state index in [1.54, 1.807) is 0 Å². The molecule has 0 aromatic heterocycles. The second kappa shape index (κ2) is 7.81. The number of hydrogen-bond acceptors (Lipinski definition) is 3. The largest absolute Gasteiger partial charge is 0.491 e. The van der Waals surface area contributed by atoms with Gasteiger partial charge in [0.2, 0.25) is 0 Å². The molecular weight excluding hydrogens is 260 g/mol. The molecule has 1 atom stereocenters. The summed E-state index contributed by atoms with van der Waals surface area (Å²) >= 11 is 0. The quantitative estimate of drug-likeness (QED) is 0.868. The molecule has 1 heterocycles. The molecule has 0 radical (unpaired) electrons. The molecule has 0 aliphatic carbocycles. The van der Waals surface area contributed by atoms with E-state index in [1.165, 1.54) is 31.5 Å². The van der Waals surface area contributed by atoms with Gasteiger partial charge in [0.15, 0.2) is 0 Å². The van der Waals surface area contributed by atoms with Crippen LogP contribution in [0.25, 0.3) is 0 Å². The molecule has 0 bridgehead atoms. The van der Waals surface area contributed by atoms with E-state index < -0.39 is 0 Å². The molecule has 0 saturated carbocycles. The summed E-state index contributed by atoms with van der Waals surface area (Å²) in [6.07, 6.45) is 2.85. The van der Waals surface area contributed by atoms with Crippen LogP contribution < -0.4 is 10.1 Å². The number of rotatable bonds is 6. The SMILES string of the molecule is CNCC1CCN(C(C)c2ccc(OC(C)C)cc2)CC1. The van der Waals surface area contributed by atoms with Crippen LogP contribution in [0.5, 0.6) is 5.75 Å². The number of hydrogen-bond donors (Lipinski definition) is 1. The Labute approximate surface area is 129 Å². The summed E-state index contributed by atoms with van der Waals surface area (Å²) in [6.45, 7) is 10.0. The molecule has 1 unspecified atom stereocenters. The zero-order valence-corrected chi connectivity index (χ0v) is 13.9. The molecule has 1 saturated heterocycles. The molecule has 1 aliphatic heterocycles. The number of benzene rings is 1. The Kier molecular flexibility index (Phi) is 6.07. The number of piperidine rings is 1. The van der Waals surface area contributed by atoms with Crippen molar-refractivity contribution in [1.29, 1.82) is 0 Å². The van der Waals surface area contributed by atoms with E-state index in [1.807, 2.05) is 0 Å². The summed E-state index contributed by atoms with van der Waals surface area (Å²) in [5.74, 6) is 1.81. The van der Waals surface area contributed by atoms with Crippen LogP contribution in [0.15, 0.2) is 24.3 Å². The van der Waals surface area contributed by atoms with Crippen molar-refractivity contribution in [3.63, 3.8) is 0 Å². The van der Waals surface area contributed by atoms with E-state index in [9.17, 15) is 0 Å². The summed E-state index contributed by atoms with van der Waals surface area (Å²) in [4.78, 5) is 2.60. The van der Waals surface area contributed by atoms with E-state index in [0.29, 0.717) is 6.04 Å². The summed E-state index contributed by atoms with van der Waals surface area (Å²) in [7, 11) is 2.05. The summed E-state index contributed by atoms with van der Waals surface area (Å²) in [5, 5.41) is 3.30. The molecule has 3 heteroatoms. The molecule has 1 fully saturated rings. The summed E-state index contributed by atoms with van der Waals surface area (Å²) in [6, 6.07) is 9.11. The van der Waals surface area contributed by atoms with Crippen molar-refractivity contribution in [2.45, 2.75) is 45.8 Å². The van der Waals surface area contributed by atoms with Crippen LogP contribution in [0.1, 0.15) is 45.2 Å². The Balaban J connectivity index is 1.90. The van der Waals surface area contributed by atoms with Gasteiger partial charge in [0.25, 0.3) is 0 Å². The van der Waals surface area contributed by atoms with Gasteiger partial charge in [-0.05, 0) is 83.9 Å². The van der Waals surface area contributed by atoms with Crippen molar-refractivity contribution in [1.82, 2.24) is 10.2 Å². The predicted octanol–water partition coefficient (Wildman–Crippen LogP) is 3.47. The Morgan fingerprint density at radius 1 is 1.14 bits per heavy atom. The zero-order chi connectivity index (χ0) is 15.2. The molecule has 3 nitrogen and oxygen atoms in total. The van der Waals surface area contributed by atoms with Crippen LogP contribution in [-0.4, -0.2) is 37.7 Å². The van der Waals surface area contributed by atoms with Gasteiger partial charge in [-0.15, -0.1) is 0 Å². The van der Waals surface area contributed by atoms with Crippen molar-refractivity contribution in [2.24, 2.45) is 5.92 Å². The van der Waals surface area contributed by atoms with Crippen LogP contribution >= 0.6 is 0 Å². The first-order valence-electron chi connectivity index (χ1n) is 8.25. The maximum atomic E-state index is 5.71. The third-order valence-electron chi connectivity index (χ3n) is 4.42. The highest BCUT2D eigenvalue weighted by molar-refractivity contribution is 5.29. The topological polar surface area (TPSA) is 24.5 Å². The van der Waals surface area contributed by atoms with Crippen LogP contribution in [0.2, 0.25) is 0 Å². The van der Waals surface area contributed by atoms with Crippen molar-refractivity contribution < 1.29 is 4.74 Å². The number of likely N-dealkylation sites (tertiary alicyclic amines) is 1. The summed E-state index contributed by atoms with van der Waals surface area (Å²) in [5.41, 5.74) is 1.39. The van der Waals surface area contributed by atoms with Gasteiger partial charge in [0, 0.05) is 6.04 Å². The Bertz CT molecular complexity index is 408. The molecule has 1 aliphatic rings. The van der Waals surface area contributed by atoms with Crippen LogP contribution in [0.4, 0.5) is 0 Å². The van der Waals surface area contributed by atoms with Gasteiger partial charge in [-0.25, -0.2) is 0 Å². The number of nitrogens with zero attached hydrogens (tertiary/aromatic N) is 1. The van der Waals surface area contributed by atoms with Crippen LogP contribution in [0.3, 0.4) is 0 Å². The molecule has 118 valence electrons. The lowest BCUT2D eigenvalue weighted by Crippen LogP contribution is -2.38. The second-order valence-electron chi connectivity index (χ2n) is 6.45.